The second-order valence-corrected chi connectivity index (χ2v) is 7.27. The van der Waals surface area contributed by atoms with Crippen molar-refractivity contribution in [1.29, 1.82) is 0 Å². The second kappa shape index (κ2) is 9.77. The van der Waals surface area contributed by atoms with Gasteiger partial charge in [0, 0.05) is 20.6 Å². The maximum atomic E-state index is 12.2. The number of anilines is 1. The quantitative estimate of drug-likeness (QED) is 0.712. The standard InChI is InChI=1S/C17H19Cl2N3O2S/c1-2-22(10-16(23)20-9-15-4-3-5-25-15)11-17(24)21-14-7-12(18)6-13(19)8-14/h3-8H,2,9-11H2,1H3,(H,20,23)(H,21,24). The van der Waals surface area contributed by atoms with Crippen molar-refractivity contribution in [2.75, 3.05) is 25.0 Å². The number of rotatable bonds is 8. The smallest absolute Gasteiger partial charge is 0.238 e. The van der Waals surface area contributed by atoms with Gasteiger partial charge in [-0.2, -0.15) is 0 Å². The second-order valence-electron chi connectivity index (χ2n) is 5.37. The van der Waals surface area contributed by atoms with Crippen LogP contribution >= 0.6 is 34.5 Å². The molecular weight excluding hydrogens is 381 g/mol. The molecule has 0 radical (unpaired) electrons. The highest BCUT2D eigenvalue weighted by Crippen LogP contribution is 2.22. The van der Waals surface area contributed by atoms with Crippen molar-refractivity contribution in [3.05, 3.63) is 50.6 Å². The Morgan fingerprint density at radius 2 is 1.80 bits per heavy atom. The first-order valence-corrected chi connectivity index (χ1v) is 9.37. The lowest BCUT2D eigenvalue weighted by atomic mass is 10.3. The monoisotopic (exact) mass is 399 g/mol. The number of carbonyl (C=O) groups excluding carboxylic acids is 2. The summed E-state index contributed by atoms with van der Waals surface area (Å²) in [6.07, 6.45) is 0. The Labute approximate surface area is 160 Å². The summed E-state index contributed by atoms with van der Waals surface area (Å²) in [6.45, 7) is 3.24. The van der Waals surface area contributed by atoms with Gasteiger partial charge in [-0.1, -0.05) is 36.2 Å². The van der Waals surface area contributed by atoms with E-state index in [9.17, 15) is 9.59 Å². The number of nitrogens with one attached hydrogen (secondary N) is 2. The molecule has 0 bridgehead atoms. The molecule has 25 heavy (non-hydrogen) atoms. The van der Waals surface area contributed by atoms with E-state index < -0.39 is 0 Å². The number of hydrogen-bond acceptors (Lipinski definition) is 4. The first kappa shape index (κ1) is 19.7. The molecule has 1 aromatic heterocycles. The highest BCUT2D eigenvalue weighted by Gasteiger charge is 2.13. The van der Waals surface area contributed by atoms with E-state index in [1.54, 1.807) is 34.4 Å². The summed E-state index contributed by atoms with van der Waals surface area (Å²) in [4.78, 5) is 27.0. The molecule has 0 atom stereocenters. The Kier molecular flexibility index (Phi) is 7.71. The van der Waals surface area contributed by atoms with Crippen LogP contribution < -0.4 is 10.6 Å². The van der Waals surface area contributed by atoms with Crippen molar-refractivity contribution in [2.24, 2.45) is 0 Å². The van der Waals surface area contributed by atoms with Gasteiger partial charge in [0.15, 0.2) is 0 Å². The fraction of sp³-hybridized carbons (Fsp3) is 0.294. The van der Waals surface area contributed by atoms with Crippen molar-refractivity contribution in [3.63, 3.8) is 0 Å². The van der Waals surface area contributed by atoms with Crippen LogP contribution in [-0.2, 0) is 16.1 Å². The van der Waals surface area contributed by atoms with Crippen LogP contribution in [0.15, 0.2) is 35.7 Å². The molecule has 0 spiro atoms. The van der Waals surface area contributed by atoms with E-state index in [4.69, 9.17) is 23.2 Å². The topological polar surface area (TPSA) is 61.4 Å². The maximum absolute atomic E-state index is 12.2. The molecule has 5 nitrogen and oxygen atoms in total. The number of likely N-dealkylation sites (N-methyl/N-ethyl adjacent to an activating group) is 1. The van der Waals surface area contributed by atoms with Gasteiger partial charge in [-0.15, -0.1) is 11.3 Å². The highest BCUT2D eigenvalue weighted by molar-refractivity contribution is 7.09. The third-order valence-electron chi connectivity index (χ3n) is 3.37. The van der Waals surface area contributed by atoms with Crippen LogP contribution in [0.3, 0.4) is 0 Å². The number of benzene rings is 1. The molecule has 0 unspecified atom stereocenters. The molecule has 0 aliphatic rings. The van der Waals surface area contributed by atoms with Gasteiger partial charge >= 0.3 is 0 Å². The first-order valence-electron chi connectivity index (χ1n) is 7.73. The van der Waals surface area contributed by atoms with Crippen molar-refractivity contribution in [2.45, 2.75) is 13.5 Å². The van der Waals surface area contributed by atoms with Gasteiger partial charge in [0.2, 0.25) is 11.8 Å². The largest absolute Gasteiger partial charge is 0.350 e. The van der Waals surface area contributed by atoms with E-state index in [2.05, 4.69) is 10.6 Å². The number of hydrogen-bond donors (Lipinski definition) is 2. The molecule has 0 aliphatic carbocycles. The normalized spacial score (nSPS) is 10.7. The Balaban J connectivity index is 1.81. The Morgan fingerprint density at radius 3 is 2.40 bits per heavy atom. The zero-order valence-electron chi connectivity index (χ0n) is 13.7. The molecule has 2 rings (SSSR count). The molecule has 1 heterocycles. The Bertz CT molecular complexity index is 702. The molecule has 0 aliphatic heterocycles. The highest BCUT2D eigenvalue weighted by atomic mass is 35.5. The average molecular weight is 400 g/mol. The van der Waals surface area contributed by atoms with E-state index in [-0.39, 0.29) is 24.9 Å². The van der Waals surface area contributed by atoms with E-state index in [0.717, 1.165) is 4.88 Å². The van der Waals surface area contributed by atoms with Gasteiger partial charge in [0.25, 0.3) is 0 Å². The van der Waals surface area contributed by atoms with Gasteiger partial charge in [-0.25, -0.2) is 0 Å². The third-order valence-corrected chi connectivity index (χ3v) is 4.68. The molecule has 2 N–H and O–H groups in total. The van der Waals surface area contributed by atoms with Gasteiger partial charge in [0.1, 0.15) is 0 Å². The van der Waals surface area contributed by atoms with Crippen LogP contribution in [0.25, 0.3) is 0 Å². The molecular formula is C17H19Cl2N3O2S. The van der Waals surface area contributed by atoms with Crippen molar-refractivity contribution >= 4 is 52.0 Å². The van der Waals surface area contributed by atoms with Crippen LogP contribution in [0.5, 0.6) is 0 Å². The number of carbonyl (C=O) groups is 2. The van der Waals surface area contributed by atoms with Crippen molar-refractivity contribution in [1.82, 2.24) is 10.2 Å². The fourth-order valence-electron chi connectivity index (χ4n) is 2.17. The molecule has 2 aromatic rings. The lowest BCUT2D eigenvalue weighted by molar-refractivity contribution is -0.123. The van der Waals surface area contributed by atoms with Crippen molar-refractivity contribution < 1.29 is 9.59 Å². The van der Waals surface area contributed by atoms with Crippen LogP contribution in [0.4, 0.5) is 5.69 Å². The zero-order valence-corrected chi connectivity index (χ0v) is 16.0. The minimum absolute atomic E-state index is 0.104. The van der Waals surface area contributed by atoms with Crippen LogP contribution in [0.1, 0.15) is 11.8 Å². The van der Waals surface area contributed by atoms with E-state index in [1.807, 2.05) is 24.4 Å². The number of thiophene rings is 1. The van der Waals surface area contributed by atoms with Gasteiger partial charge in [-0.05, 0) is 36.2 Å². The SMILES string of the molecule is CCN(CC(=O)NCc1cccs1)CC(=O)Nc1cc(Cl)cc(Cl)c1. The van der Waals surface area contributed by atoms with Gasteiger partial charge in [0.05, 0.1) is 19.6 Å². The molecule has 0 fully saturated rings. The average Bonchev–Trinajstić information content (AvgIpc) is 3.04. The predicted octanol–water partition coefficient (Wildman–Crippen LogP) is 3.63. The number of halogens is 2. The third kappa shape index (κ3) is 7.04. The summed E-state index contributed by atoms with van der Waals surface area (Å²) in [5.41, 5.74) is 0.528. The predicted molar refractivity (Wildman–Crippen MR) is 103 cm³/mol. The van der Waals surface area contributed by atoms with Gasteiger partial charge < -0.3 is 10.6 Å². The maximum Gasteiger partial charge on any atom is 0.238 e. The minimum atomic E-state index is -0.230. The molecule has 2 amide bonds. The van der Waals surface area contributed by atoms with E-state index in [0.29, 0.717) is 28.8 Å². The van der Waals surface area contributed by atoms with Crippen LogP contribution in [-0.4, -0.2) is 36.3 Å². The Morgan fingerprint density at radius 1 is 1.12 bits per heavy atom. The summed E-state index contributed by atoms with van der Waals surface area (Å²) in [7, 11) is 0. The summed E-state index contributed by atoms with van der Waals surface area (Å²) >= 11 is 13.4. The molecule has 8 heteroatoms. The van der Waals surface area contributed by atoms with Crippen molar-refractivity contribution in [3.8, 4) is 0 Å². The van der Waals surface area contributed by atoms with Crippen LogP contribution in [0.2, 0.25) is 10.0 Å². The lowest BCUT2D eigenvalue weighted by Gasteiger charge is -2.19. The fourth-order valence-corrected chi connectivity index (χ4v) is 3.34. The van der Waals surface area contributed by atoms with Crippen LogP contribution in [0, 0.1) is 0 Å². The number of nitrogens with zero attached hydrogens (tertiary/aromatic N) is 1. The number of amides is 2. The summed E-state index contributed by atoms with van der Waals surface area (Å²) in [5.74, 6) is -0.347. The summed E-state index contributed by atoms with van der Waals surface area (Å²) < 4.78 is 0. The minimum Gasteiger partial charge on any atom is -0.350 e. The molecule has 1 aromatic carbocycles. The molecule has 0 saturated heterocycles. The molecule has 134 valence electrons. The zero-order chi connectivity index (χ0) is 18.2. The van der Waals surface area contributed by atoms with E-state index in [1.165, 1.54) is 0 Å². The van der Waals surface area contributed by atoms with Gasteiger partial charge in [-0.3, -0.25) is 14.5 Å². The Hall–Kier alpha value is -1.60. The van der Waals surface area contributed by atoms with E-state index >= 15 is 0 Å². The summed E-state index contributed by atoms with van der Waals surface area (Å²) in [6, 6.07) is 8.74. The first-order chi connectivity index (χ1) is 12.0. The summed E-state index contributed by atoms with van der Waals surface area (Å²) in [5, 5.41) is 8.45. The molecule has 0 saturated carbocycles. The lowest BCUT2D eigenvalue weighted by Crippen LogP contribution is -2.40.